The van der Waals surface area contributed by atoms with Crippen LogP contribution >= 0.6 is 11.3 Å². The fraction of sp³-hybridized carbons (Fsp3) is 0.200. The van der Waals surface area contributed by atoms with Gasteiger partial charge in [-0.15, -0.1) is 15.3 Å². The molecule has 0 aliphatic carbocycles. The summed E-state index contributed by atoms with van der Waals surface area (Å²) in [7, 11) is 3.14. The van der Waals surface area contributed by atoms with Gasteiger partial charge >= 0.3 is 0 Å². The Balaban J connectivity index is 1.54. The summed E-state index contributed by atoms with van der Waals surface area (Å²) in [6.45, 7) is 1.68. The summed E-state index contributed by atoms with van der Waals surface area (Å²) < 4.78 is 17.8. The standard InChI is InChI=1S/C20H19N5O4S/c1-12(29-14-7-5-4-6-8-14)18(26)21-19-24-25-17(22-23-20(25)30-19)13-9-10-15(27-2)16(11-13)28-3/h4-12H,1-3H3,(H,21,24,26)/t12-/m0/s1. The van der Waals surface area contributed by atoms with E-state index in [-0.39, 0.29) is 5.91 Å². The third-order valence-electron chi connectivity index (χ3n) is 4.29. The normalized spacial score (nSPS) is 11.8. The number of methoxy groups -OCH3 is 2. The van der Waals surface area contributed by atoms with Crippen molar-refractivity contribution in [1.82, 2.24) is 19.8 Å². The maximum atomic E-state index is 12.5. The van der Waals surface area contributed by atoms with Gasteiger partial charge in [-0.25, -0.2) is 0 Å². The molecule has 0 saturated heterocycles. The van der Waals surface area contributed by atoms with Crippen molar-refractivity contribution in [2.45, 2.75) is 13.0 Å². The number of fused-ring (bicyclic) bond motifs is 1. The van der Waals surface area contributed by atoms with Crippen LogP contribution < -0.4 is 19.5 Å². The number of hydrogen-bond donors (Lipinski definition) is 1. The molecule has 0 aliphatic rings. The fourth-order valence-corrected chi connectivity index (χ4v) is 3.53. The smallest absolute Gasteiger partial charge is 0.266 e. The zero-order valence-corrected chi connectivity index (χ0v) is 17.3. The number of ether oxygens (including phenoxy) is 3. The molecule has 0 radical (unpaired) electrons. The SMILES string of the molecule is COc1ccc(-c2nnc3sc(NC(=O)[C@H](C)Oc4ccccc4)nn23)cc1OC. The van der Waals surface area contributed by atoms with Crippen molar-refractivity contribution >= 4 is 27.3 Å². The summed E-state index contributed by atoms with van der Waals surface area (Å²) in [4.78, 5) is 13.0. The van der Waals surface area contributed by atoms with Crippen molar-refractivity contribution in [2.24, 2.45) is 0 Å². The Hall–Kier alpha value is -3.66. The van der Waals surface area contributed by atoms with Gasteiger partial charge in [0, 0.05) is 5.56 Å². The molecule has 4 aromatic rings. The molecule has 1 atom stereocenters. The van der Waals surface area contributed by atoms with Crippen LogP contribution in [0, 0.1) is 0 Å². The summed E-state index contributed by atoms with van der Waals surface area (Å²) in [6, 6.07) is 14.6. The molecule has 0 unspecified atom stereocenters. The van der Waals surface area contributed by atoms with Gasteiger partial charge in [0.25, 0.3) is 5.91 Å². The van der Waals surface area contributed by atoms with Crippen LogP contribution in [-0.4, -0.2) is 46.0 Å². The maximum absolute atomic E-state index is 12.5. The minimum absolute atomic E-state index is 0.309. The van der Waals surface area contributed by atoms with E-state index in [0.29, 0.717) is 33.2 Å². The highest BCUT2D eigenvalue weighted by atomic mass is 32.1. The van der Waals surface area contributed by atoms with Crippen LogP contribution in [0.4, 0.5) is 5.13 Å². The quantitative estimate of drug-likeness (QED) is 0.485. The second-order valence-electron chi connectivity index (χ2n) is 6.26. The molecule has 10 heteroatoms. The Kier molecular flexibility index (Phi) is 5.48. The number of nitrogens with zero attached hydrogens (tertiary/aromatic N) is 4. The lowest BCUT2D eigenvalue weighted by Crippen LogP contribution is -2.30. The van der Waals surface area contributed by atoms with Gasteiger partial charge in [0.15, 0.2) is 23.4 Å². The van der Waals surface area contributed by atoms with Gasteiger partial charge in [0.2, 0.25) is 10.1 Å². The van der Waals surface area contributed by atoms with Gasteiger partial charge in [-0.2, -0.15) is 4.52 Å². The Labute approximate surface area is 176 Å². The first-order chi connectivity index (χ1) is 14.6. The highest BCUT2D eigenvalue weighted by Crippen LogP contribution is 2.32. The second-order valence-corrected chi connectivity index (χ2v) is 7.21. The number of anilines is 1. The number of carbonyl (C=O) groups is 1. The van der Waals surface area contributed by atoms with Gasteiger partial charge < -0.3 is 14.2 Å². The zero-order chi connectivity index (χ0) is 21.1. The number of benzene rings is 2. The first kappa shape index (κ1) is 19.6. The number of rotatable bonds is 7. The lowest BCUT2D eigenvalue weighted by Gasteiger charge is -2.13. The van der Waals surface area contributed by atoms with Crippen LogP contribution in [0.5, 0.6) is 17.2 Å². The zero-order valence-electron chi connectivity index (χ0n) is 16.5. The molecule has 0 aliphatic heterocycles. The molecule has 2 aromatic carbocycles. The topological polar surface area (TPSA) is 99.9 Å². The molecule has 2 heterocycles. The minimum atomic E-state index is -0.688. The number of aromatic nitrogens is 4. The van der Waals surface area contributed by atoms with E-state index in [0.717, 1.165) is 5.56 Å². The van der Waals surface area contributed by atoms with E-state index in [1.807, 2.05) is 24.3 Å². The summed E-state index contributed by atoms with van der Waals surface area (Å²) in [6.07, 6.45) is -0.688. The number of amides is 1. The summed E-state index contributed by atoms with van der Waals surface area (Å²) in [5.74, 6) is 2.02. The molecule has 0 bridgehead atoms. The molecule has 0 spiro atoms. The van der Waals surface area contributed by atoms with Crippen LogP contribution in [0.15, 0.2) is 48.5 Å². The fourth-order valence-electron chi connectivity index (χ4n) is 2.79. The molecule has 0 saturated carbocycles. The van der Waals surface area contributed by atoms with Gasteiger partial charge in [0.05, 0.1) is 14.2 Å². The highest BCUT2D eigenvalue weighted by Gasteiger charge is 2.19. The molecule has 30 heavy (non-hydrogen) atoms. The second kappa shape index (κ2) is 8.37. The monoisotopic (exact) mass is 425 g/mol. The average Bonchev–Trinajstić information content (AvgIpc) is 3.34. The summed E-state index contributed by atoms with van der Waals surface area (Å²) in [5, 5.41) is 15.9. The number of hydrogen-bond acceptors (Lipinski definition) is 8. The van der Waals surface area contributed by atoms with Crippen molar-refractivity contribution in [3.63, 3.8) is 0 Å². The van der Waals surface area contributed by atoms with Crippen LogP contribution in [0.1, 0.15) is 6.92 Å². The largest absolute Gasteiger partial charge is 0.493 e. The van der Waals surface area contributed by atoms with E-state index in [2.05, 4.69) is 20.6 Å². The van der Waals surface area contributed by atoms with Crippen LogP contribution in [0.3, 0.4) is 0 Å². The van der Waals surface area contributed by atoms with E-state index in [1.165, 1.54) is 11.3 Å². The van der Waals surface area contributed by atoms with Gasteiger partial charge in [-0.05, 0) is 37.3 Å². The Bertz CT molecular complexity index is 1170. The number of carbonyl (C=O) groups excluding carboxylic acids is 1. The first-order valence-corrected chi connectivity index (χ1v) is 9.88. The predicted molar refractivity (Wildman–Crippen MR) is 112 cm³/mol. The van der Waals surface area contributed by atoms with Crippen molar-refractivity contribution in [2.75, 3.05) is 19.5 Å². The molecule has 9 nitrogen and oxygen atoms in total. The summed E-state index contributed by atoms with van der Waals surface area (Å²) >= 11 is 1.22. The molecule has 154 valence electrons. The molecular weight excluding hydrogens is 406 g/mol. The molecule has 1 N–H and O–H groups in total. The van der Waals surface area contributed by atoms with E-state index >= 15 is 0 Å². The van der Waals surface area contributed by atoms with Crippen LogP contribution in [0.25, 0.3) is 16.3 Å². The molecular formula is C20H19N5O4S. The van der Waals surface area contributed by atoms with E-state index in [1.54, 1.807) is 49.9 Å². The van der Waals surface area contributed by atoms with Gasteiger partial charge in [-0.3, -0.25) is 10.1 Å². The first-order valence-electron chi connectivity index (χ1n) is 9.06. The van der Waals surface area contributed by atoms with Crippen molar-refractivity contribution in [1.29, 1.82) is 0 Å². The van der Waals surface area contributed by atoms with E-state index in [9.17, 15) is 4.79 Å². The maximum Gasteiger partial charge on any atom is 0.266 e. The van der Waals surface area contributed by atoms with E-state index < -0.39 is 6.10 Å². The van der Waals surface area contributed by atoms with Crippen LogP contribution in [0.2, 0.25) is 0 Å². The number of nitrogens with one attached hydrogen (secondary N) is 1. The average molecular weight is 425 g/mol. The Morgan fingerprint density at radius 3 is 2.57 bits per heavy atom. The number of para-hydroxylation sites is 1. The third-order valence-corrected chi connectivity index (χ3v) is 5.10. The van der Waals surface area contributed by atoms with Gasteiger partial charge in [0.1, 0.15) is 5.75 Å². The molecule has 1 amide bonds. The highest BCUT2D eigenvalue weighted by molar-refractivity contribution is 7.20. The molecule has 4 rings (SSSR count). The van der Waals surface area contributed by atoms with Crippen LogP contribution in [-0.2, 0) is 4.79 Å². The van der Waals surface area contributed by atoms with Crippen molar-refractivity contribution in [3.05, 3.63) is 48.5 Å². The van der Waals surface area contributed by atoms with Crippen molar-refractivity contribution < 1.29 is 19.0 Å². The Morgan fingerprint density at radius 1 is 1.07 bits per heavy atom. The predicted octanol–water partition coefficient (Wildman–Crippen LogP) is 3.28. The summed E-state index contributed by atoms with van der Waals surface area (Å²) in [5.41, 5.74) is 0.754. The molecule has 0 fully saturated rings. The lowest BCUT2D eigenvalue weighted by molar-refractivity contribution is -0.122. The molecule has 2 aromatic heterocycles. The third kappa shape index (κ3) is 3.90. The van der Waals surface area contributed by atoms with Crippen molar-refractivity contribution in [3.8, 4) is 28.6 Å². The van der Waals surface area contributed by atoms with E-state index in [4.69, 9.17) is 14.2 Å². The Morgan fingerprint density at radius 2 is 1.83 bits per heavy atom. The van der Waals surface area contributed by atoms with Gasteiger partial charge in [-0.1, -0.05) is 29.5 Å². The minimum Gasteiger partial charge on any atom is -0.493 e. The lowest BCUT2D eigenvalue weighted by atomic mass is 10.2.